The Morgan fingerprint density at radius 1 is 1.16 bits per heavy atom. The van der Waals surface area contributed by atoms with Gasteiger partial charge in [0.05, 0.1) is 0 Å². The number of benzene rings is 1. The second-order valence-electron chi connectivity index (χ2n) is 5.24. The average molecular weight is 263 g/mol. The van der Waals surface area contributed by atoms with Gasteiger partial charge in [-0.2, -0.15) is 0 Å². The molecule has 0 heterocycles. The van der Waals surface area contributed by atoms with Crippen LogP contribution in [0.4, 0.5) is 10.5 Å². The van der Waals surface area contributed by atoms with Crippen molar-refractivity contribution < 1.29 is 9.90 Å². The molecule has 0 bridgehead atoms. The molecule has 1 amide bonds. The van der Waals surface area contributed by atoms with Crippen molar-refractivity contribution in [2.24, 2.45) is 0 Å². The number of nitrogens with zero attached hydrogens (tertiary/aromatic N) is 1. The van der Waals surface area contributed by atoms with Gasteiger partial charge in [-0.15, -0.1) is 0 Å². The van der Waals surface area contributed by atoms with Crippen LogP contribution in [0.25, 0.3) is 0 Å². The summed E-state index contributed by atoms with van der Waals surface area (Å²) < 4.78 is 0. The van der Waals surface area contributed by atoms with E-state index in [4.69, 9.17) is 0 Å². The van der Waals surface area contributed by atoms with Gasteiger partial charge < -0.3 is 5.11 Å². The third kappa shape index (κ3) is 4.93. The van der Waals surface area contributed by atoms with E-state index in [2.05, 4.69) is 20.8 Å². The zero-order valence-electron chi connectivity index (χ0n) is 12.2. The first-order chi connectivity index (χ1) is 9.06. The van der Waals surface area contributed by atoms with E-state index in [0.717, 1.165) is 24.9 Å². The molecule has 1 rings (SSSR count). The van der Waals surface area contributed by atoms with E-state index in [1.807, 2.05) is 24.3 Å². The minimum atomic E-state index is -0.867. The van der Waals surface area contributed by atoms with Gasteiger partial charge in [-0.3, -0.25) is 4.90 Å². The molecule has 0 spiro atoms. The molecule has 1 N–H and O–H groups in total. The Kier molecular flexibility index (Phi) is 6.40. The Bertz CT molecular complexity index is 384. The Balaban J connectivity index is 2.67. The molecule has 0 fully saturated rings. The summed E-state index contributed by atoms with van der Waals surface area (Å²) in [6.07, 6.45) is 3.47. The fraction of sp³-hybridized carbons (Fsp3) is 0.562. The Labute approximate surface area is 116 Å². The minimum absolute atomic E-state index is 0.469. The number of rotatable bonds is 7. The molecule has 1 aromatic rings. The molecule has 19 heavy (non-hydrogen) atoms. The molecule has 0 atom stereocenters. The second kappa shape index (κ2) is 7.82. The van der Waals surface area contributed by atoms with Crippen LogP contribution in [0.5, 0.6) is 0 Å². The molecule has 1 aromatic carbocycles. The third-order valence-electron chi connectivity index (χ3n) is 3.34. The molecule has 0 saturated carbocycles. The van der Waals surface area contributed by atoms with Crippen molar-refractivity contribution in [2.45, 2.75) is 52.4 Å². The van der Waals surface area contributed by atoms with Crippen LogP contribution < -0.4 is 4.90 Å². The van der Waals surface area contributed by atoms with Crippen LogP contribution in [0.15, 0.2) is 24.3 Å². The number of hydrogen-bond donors (Lipinski definition) is 1. The zero-order valence-corrected chi connectivity index (χ0v) is 12.2. The molecule has 0 saturated heterocycles. The molecule has 0 aliphatic heterocycles. The van der Waals surface area contributed by atoms with Crippen LogP contribution in [0.1, 0.15) is 57.9 Å². The van der Waals surface area contributed by atoms with Gasteiger partial charge in [-0.25, -0.2) is 4.79 Å². The van der Waals surface area contributed by atoms with Crippen molar-refractivity contribution in [3.63, 3.8) is 0 Å². The Morgan fingerprint density at radius 2 is 1.79 bits per heavy atom. The number of amides is 1. The van der Waals surface area contributed by atoms with Crippen LogP contribution >= 0.6 is 0 Å². The molecule has 0 aromatic heterocycles. The summed E-state index contributed by atoms with van der Waals surface area (Å²) in [6.45, 7) is 7.00. The summed E-state index contributed by atoms with van der Waals surface area (Å²) in [6, 6.07) is 7.84. The van der Waals surface area contributed by atoms with Crippen LogP contribution in [-0.2, 0) is 0 Å². The molecule has 0 unspecified atom stereocenters. The normalized spacial score (nSPS) is 10.7. The van der Waals surface area contributed by atoms with Crippen molar-refractivity contribution in [1.29, 1.82) is 0 Å². The second-order valence-corrected chi connectivity index (χ2v) is 5.24. The summed E-state index contributed by atoms with van der Waals surface area (Å²) in [5.41, 5.74) is 2.01. The maximum atomic E-state index is 11.3. The molecule has 0 aliphatic carbocycles. The molecule has 0 radical (unpaired) electrons. The lowest BCUT2D eigenvalue weighted by molar-refractivity contribution is 0.201. The summed E-state index contributed by atoms with van der Waals surface area (Å²) in [7, 11) is 0. The number of hydrogen-bond acceptors (Lipinski definition) is 1. The van der Waals surface area contributed by atoms with Crippen LogP contribution in [0.2, 0.25) is 0 Å². The van der Waals surface area contributed by atoms with Crippen molar-refractivity contribution in [3.8, 4) is 0 Å². The summed E-state index contributed by atoms with van der Waals surface area (Å²) in [5.74, 6) is 0.469. The Hall–Kier alpha value is -1.51. The smallest absolute Gasteiger partial charge is 0.411 e. The highest BCUT2D eigenvalue weighted by atomic mass is 16.4. The molecular weight excluding hydrogens is 238 g/mol. The van der Waals surface area contributed by atoms with Gasteiger partial charge in [0, 0.05) is 12.2 Å². The van der Waals surface area contributed by atoms with E-state index in [1.165, 1.54) is 16.9 Å². The van der Waals surface area contributed by atoms with Crippen molar-refractivity contribution >= 4 is 11.8 Å². The fourth-order valence-corrected chi connectivity index (χ4v) is 2.07. The quantitative estimate of drug-likeness (QED) is 0.712. The number of carbonyl (C=O) groups is 1. The van der Waals surface area contributed by atoms with Crippen molar-refractivity contribution in [1.82, 2.24) is 0 Å². The predicted molar refractivity (Wildman–Crippen MR) is 80.0 cm³/mol. The van der Waals surface area contributed by atoms with E-state index in [0.29, 0.717) is 12.5 Å². The van der Waals surface area contributed by atoms with Gasteiger partial charge in [-0.1, -0.05) is 52.2 Å². The topological polar surface area (TPSA) is 40.5 Å². The third-order valence-corrected chi connectivity index (χ3v) is 3.34. The Morgan fingerprint density at radius 3 is 2.26 bits per heavy atom. The highest BCUT2D eigenvalue weighted by Crippen LogP contribution is 2.20. The highest BCUT2D eigenvalue weighted by Gasteiger charge is 2.13. The maximum Gasteiger partial charge on any atom is 0.411 e. The van der Waals surface area contributed by atoms with E-state index < -0.39 is 6.09 Å². The van der Waals surface area contributed by atoms with Crippen LogP contribution in [-0.4, -0.2) is 17.7 Å². The fourth-order valence-electron chi connectivity index (χ4n) is 2.07. The summed E-state index contributed by atoms with van der Waals surface area (Å²) in [4.78, 5) is 12.8. The van der Waals surface area contributed by atoms with Gasteiger partial charge in [0.15, 0.2) is 0 Å². The minimum Gasteiger partial charge on any atom is -0.465 e. The molecule has 106 valence electrons. The molecule has 3 heteroatoms. The SMILES string of the molecule is CCCCCCN(C(=O)O)c1ccc(C(C)C)cc1. The lowest BCUT2D eigenvalue weighted by Gasteiger charge is -2.20. The maximum absolute atomic E-state index is 11.3. The van der Waals surface area contributed by atoms with Crippen LogP contribution in [0, 0.1) is 0 Å². The highest BCUT2D eigenvalue weighted by molar-refractivity contribution is 5.85. The van der Waals surface area contributed by atoms with Crippen LogP contribution in [0.3, 0.4) is 0 Å². The zero-order chi connectivity index (χ0) is 14.3. The lowest BCUT2D eigenvalue weighted by Crippen LogP contribution is -2.30. The molecule has 0 aliphatic rings. The average Bonchev–Trinajstić information content (AvgIpc) is 2.38. The monoisotopic (exact) mass is 263 g/mol. The summed E-state index contributed by atoms with van der Waals surface area (Å²) >= 11 is 0. The molecule has 3 nitrogen and oxygen atoms in total. The van der Waals surface area contributed by atoms with E-state index in [1.54, 1.807) is 0 Å². The van der Waals surface area contributed by atoms with Crippen molar-refractivity contribution in [2.75, 3.05) is 11.4 Å². The first-order valence-electron chi connectivity index (χ1n) is 7.16. The summed E-state index contributed by atoms with van der Waals surface area (Å²) in [5, 5.41) is 9.29. The largest absolute Gasteiger partial charge is 0.465 e. The first kappa shape index (κ1) is 15.5. The van der Waals surface area contributed by atoms with Crippen molar-refractivity contribution in [3.05, 3.63) is 29.8 Å². The first-order valence-corrected chi connectivity index (χ1v) is 7.16. The van der Waals surface area contributed by atoms with E-state index >= 15 is 0 Å². The van der Waals surface area contributed by atoms with Gasteiger partial charge in [0.25, 0.3) is 0 Å². The standard InChI is InChI=1S/C16H25NO2/c1-4-5-6-7-12-17(16(18)19)15-10-8-14(9-11-15)13(2)3/h8-11,13H,4-7,12H2,1-3H3,(H,18,19). The van der Waals surface area contributed by atoms with Gasteiger partial charge in [0.1, 0.15) is 0 Å². The van der Waals surface area contributed by atoms with Gasteiger partial charge >= 0.3 is 6.09 Å². The number of unbranched alkanes of at least 4 members (excludes halogenated alkanes) is 3. The predicted octanol–water partition coefficient (Wildman–Crippen LogP) is 4.87. The number of carboxylic acid groups (broad SMARTS) is 1. The lowest BCUT2D eigenvalue weighted by atomic mass is 10.0. The number of anilines is 1. The van der Waals surface area contributed by atoms with Gasteiger partial charge in [-0.05, 0) is 30.0 Å². The van der Waals surface area contributed by atoms with Gasteiger partial charge in [0.2, 0.25) is 0 Å². The molecular formula is C16H25NO2. The van der Waals surface area contributed by atoms with E-state index in [9.17, 15) is 9.90 Å². The van der Waals surface area contributed by atoms with E-state index in [-0.39, 0.29) is 0 Å².